The van der Waals surface area contributed by atoms with Crippen molar-refractivity contribution in [2.75, 3.05) is 33.3 Å². The Balaban J connectivity index is 1.42. The van der Waals surface area contributed by atoms with E-state index in [9.17, 15) is 9.59 Å². The van der Waals surface area contributed by atoms with Crippen molar-refractivity contribution in [2.45, 2.75) is 45.1 Å². The largest absolute Gasteiger partial charge is 0.491 e. The third-order valence-corrected chi connectivity index (χ3v) is 6.21. The van der Waals surface area contributed by atoms with Crippen molar-refractivity contribution in [1.29, 1.82) is 0 Å². The number of rotatable bonds is 5. The van der Waals surface area contributed by atoms with E-state index in [1.54, 1.807) is 12.3 Å². The number of piperidine rings is 2. The number of aromatic amines is 1. The second kappa shape index (κ2) is 7.06. The number of methoxy groups -OCH3 is 1. The minimum Gasteiger partial charge on any atom is -0.491 e. The average molecular weight is 359 g/mol. The van der Waals surface area contributed by atoms with Gasteiger partial charge in [0.25, 0.3) is 0 Å². The summed E-state index contributed by atoms with van der Waals surface area (Å²) in [5, 5.41) is 0. The molecular formula is C20H29N3O3. The number of pyridine rings is 1. The molecule has 2 saturated heterocycles. The summed E-state index contributed by atoms with van der Waals surface area (Å²) in [4.78, 5) is 32.1. The summed E-state index contributed by atoms with van der Waals surface area (Å²) < 4.78 is 5.04. The van der Waals surface area contributed by atoms with Gasteiger partial charge >= 0.3 is 0 Å². The van der Waals surface area contributed by atoms with Gasteiger partial charge in [-0.25, -0.2) is 0 Å². The zero-order chi connectivity index (χ0) is 18.1. The van der Waals surface area contributed by atoms with Crippen molar-refractivity contribution >= 4 is 5.91 Å². The van der Waals surface area contributed by atoms with Crippen molar-refractivity contribution in [3.63, 3.8) is 0 Å². The van der Waals surface area contributed by atoms with Crippen molar-refractivity contribution in [3.05, 3.63) is 28.2 Å². The van der Waals surface area contributed by atoms with Crippen LogP contribution in [-0.2, 0) is 11.3 Å². The Morgan fingerprint density at radius 1 is 1.27 bits per heavy atom. The van der Waals surface area contributed by atoms with Gasteiger partial charge in [-0.3, -0.25) is 14.5 Å². The maximum Gasteiger partial charge on any atom is 0.223 e. The molecule has 3 heterocycles. The molecule has 1 N–H and O–H groups in total. The third kappa shape index (κ3) is 3.80. The van der Waals surface area contributed by atoms with Crippen LogP contribution in [0.2, 0.25) is 0 Å². The van der Waals surface area contributed by atoms with Gasteiger partial charge in [-0.05, 0) is 44.6 Å². The van der Waals surface area contributed by atoms with E-state index in [0.29, 0.717) is 18.1 Å². The molecule has 3 aliphatic rings. The van der Waals surface area contributed by atoms with Gasteiger partial charge < -0.3 is 14.6 Å². The highest BCUT2D eigenvalue weighted by Gasteiger charge is 2.42. The van der Waals surface area contributed by atoms with Crippen LogP contribution in [0.15, 0.2) is 17.1 Å². The van der Waals surface area contributed by atoms with Crippen LogP contribution < -0.4 is 10.2 Å². The summed E-state index contributed by atoms with van der Waals surface area (Å²) in [5.41, 5.74) is 1.08. The molecule has 1 saturated carbocycles. The Hall–Kier alpha value is -1.82. The van der Waals surface area contributed by atoms with E-state index >= 15 is 0 Å². The number of H-pyrrole nitrogens is 1. The quantitative estimate of drug-likeness (QED) is 0.873. The van der Waals surface area contributed by atoms with E-state index < -0.39 is 0 Å². The molecule has 3 fully saturated rings. The van der Waals surface area contributed by atoms with Crippen LogP contribution in [0, 0.1) is 11.3 Å². The van der Waals surface area contributed by atoms with Crippen molar-refractivity contribution < 1.29 is 9.53 Å². The van der Waals surface area contributed by atoms with Gasteiger partial charge in [-0.1, -0.05) is 0 Å². The lowest BCUT2D eigenvalue weighted by Crippen LogP contribution is -2.54. The lowest BCUT2D eigenvalue weighted by molar-refractivity contribution is -0.139. The third-order valence-electron chi connectivity index (χ3n) is 6.21. The van der Waals surface area contributed by atoms with Crippen molar-refractivity contribution in [3.8, 4) is 5.75 Å². The van der Waals surface area contributed by atoms with Gasteiger partial charge in [0, 0.05) is 56.0 Å². The molecule has 6 heteroatoms. The molecule has 0 bridgehead atoms. The normalized spacial score (nSPS) is 27.1. The number of amides is 1. The minimum atomic E-state index is -0.0770. The maximum absolute atomic E-state index is 12.3. The molecule has 26 heavy (non-hydrogen) atoms. The lowest BCUT2D eigenvalue weighted by Gasteiger charge is -2.48. The number of carbonyl (C=O) groups is 1. The SMILES string of the molecule is COc1c[nH]c(CN2CCC[C@]3(CCC(=O)N(CC4CC4)C3)C2)cc1=O. The average Bonchev–Trinajstić information content (AvgIpc) is 3.43. The highest BCUT2D eigenvalue weighted by Crippen LogP contribution is 2.40. The Morgan fingerprint density at radius 3 is 2.85 bits per heavy atom. The molecular weight excluding hydrogens is 330 g/mol. The maximum atomic E-state index is 12.3. The Kier molecular flexibility index (Phi) is 4.78. The molecule has 1 amide bonds. The molecule has 1 spiro atoms. The highest BCUT2D eigenvalue weighted by atomic mass is 16.5. The molecule has 142 valence electrons. The van der Waals surface area contributed by atoms with E-state index in [2.05, 4.69) is 14.8 Å². The van der Waals surface area contributed by atoms with Gasteiger partial charge in [0.05, 0.1) is 7.11 Å². The van der Waals surface area contributed by atoms with Crippen molar-refractivity contribution in [2.24, 2.45) is 11.3 Å². The Labute approximate surface area is 154 Å². The summed E-state index contributed by atoms with van der Waals surface area (Å²) in [5.74, 6) is 1.45. The fraction of sp³-hybridized carbons (Fsp3) is 0.700. The standard InChI is InChI=1S/C20H29N3O3/c1-26-18-10-21-16(9-17(18)24)12-22-8-2-6-20(13-22)7-5-19(25)23(14-20)11-15-3-4-15/h9-10,15H,2-8,11-14H2,1H3,(H,21,24)/t20-/m0/s1. The zero-order valence-electron chi connectivity index (χ0n) is 15.6. The van der Waals surface area contributed by atoms with Gasteiger partial charge in [0.2, 0.25) is 11.3 Å². The van der Waals surface area contributed by atoms with E-state index in [4.69, 9.17) is 4.74 Å². The van der Waals surface area contributed by atoms with Crippen LogP contribution >= 0.6 is 0 Å². The molecule has 1 aromatic heterocycles. The monoisotopic (exact) mass is 359 g/mol. The van der Waals surface area contributed by atoms with E-state index in [1.165, 1.54) is 26.4 Å². The van der Waals surface area contributed by atoms with Crippen LogP contribution in [0.1, 0.15) is 44.2 Å². The number of hydrogen-bond acceptors (Lipinski definition) is 4. The van der Waals surface area contributed by atoms with Gasteiger partial charge in [0.15, 0.2) is 5.75 Å². The predicted molar refractivity (Wildman–Crippen MR) is 99.1 cm³/mol. The topological polar surface area (TPSA) is 65.6 Å². The smallest absolute Gasteiger partial charge is 0.223 e. The first kappa shape index (κ1) is 17.6. The zero-order valence-corrected chi connectivity index (χ0v) is 15.6. The number of nitrogens with one attached hydrogen (secondary N) is 1. The molecule has 4 rings (SSSR count). The fourth-order valence-corrected chi connectivity index (χ4v) is 4.65. The van der Waals surface area contributed by atoms with Gasteiger partial charge in [-0.15, -0.1) is 0 Å². The van der Waals surface area contributed by atoms with Gasteiger partial charge in [-0.2, -0.15) is 0 Å². The fourth-order valence-electron chi connectivity index (χ4n) is 4.65. The van der Waals surface area contributed by atoms with Crippen LogP contribution in [0.25, 0.3) is 0 Å². The number of aromatic nitrogens is 1. The second-order valence-electron chi connectivity index (χ2n) is 8.42. The molecule has 1 atom stereocenters. The molecule has 2 aliphatic heterocycles. The summed E-state index contributed by atoms with van der Waals surface area (Å²) in [7, 11) is 1.51. The summed E-state index contributed by atoms with van der Waals surface area (Å²) in [6, 6.07) is 1.64. The molecule has 1 aromatic rings. The number of ether oxygens (including phenoxy) is 1. The van der Waals surface area contributed by atoms with Gasteiger partial charge in [0.1, 0.15) is 0 Å². The van der Waals surface area contributed by atoms with Crippen LogP contribution in [0.4, 0.5) is 0 Å². The first-order valence-corrected chi connectivity index (χ1v) is 9.83. The predicted octanol–water partition coefficient (Wildman–Crippen LogP) is 2.00. The van der Waals surface area contributed by atoms with Crippen LogP contribution in [0.5, 0.6) is 5.75 Å². The number of hydrogen-bond donors (Lipinski definition) is 1. The summed E-state index contributed by atoms with van der Waals surface area (Å²) in [6.07, 6.45) is 8.28. The Morgan fingerprint density at radius 2 is 2.12 bits per heavy atom. The highest BCUT2D eigenvalue weighted by molar-refractivity contribution is 5.77. The summed E-state index contributed by atoms with van der Waals surface area (Å²) in [6.45, 7) is 4.68. The summed E-state index contributed by atoms with van der Waals surface area (Å²) >= 11 is 0. The van der Waals surface area contributed by atoms with Crippen LogP contribution in [0.3, 0.4) is 0 Å². The Bertz CT molecular complexity index is 727. The van der Waals surface area contributed by atoms with E-state index in [1.807, 2.05) is 0 Å². The first-order chi connectivity index (χ1) is 12.6. The first-order valence-electron chi connectivity index (χ1n) is 9.83. The van der Waals surface area contributed by atoms with Crippen molar-refractivity contribution in [1.82, 2.24) is 14.8 Å². The molecule has 0 radical (unpaired) electrons. The second-order valence-corrected chi connectivity index (χ2v) is 8.42. The molecule has 1 aliphatic carbocycles. The lowest BCUT2D eigenvalue weighted by atomic mass is 9.73. The molecule has 6 nitrogen and oxygen atoms in total. The van der Waals surface area contributed by atoms with Crippen LogP contribution in [-0.4, -0.2) is 54.0 Å². The number of likely N-dealkylation sites (tertiary alicyclic amines) is 2. The number of nitrogens with zero attached hydrogens (tertiary/aromatic N) is 2. The number of carbonyl (C=O) groups excluding carboxylic acids is 1. The minimum absolute atomic E-state index is 0.0770. The molecule has 0 aromatic carbocycles. The van der Waals surface area contributed by atoms with E-state index in [-0.39, 0.29) is 10.8 Å². The van der Waals surface area contributed by atoms with E-state index in [0.717, 1.165) is 57.2 Å². The molecule has 0 unspecified atom stereocenters.